The lowest BCUT2D eigenvalue weighted by Gasteiger charge is -2.26. The first kappa shape index (κ1) is 23.1. The molecular formula is C21H26N2O7S. The summed E-state index contributed by atoms with van der Waals surface area (Å²) in [5.41, 5.74) is 0.688. The van der Waals surface area contributed by atoms with Crippen LogP contribution in [0.25, 0.3) is 6.08 Å². The van der Waals surface area contributed by atoms with E-state index in [9.17, 15) is 14.4 Å². The highest BCUT2D eigenvalue weighted by atomic mass is 32.2. The highest BCUT2D eigenvalue weighted by Crippen LogP contribution is 2.34. The number of morpholine rings is 1. The van der Waals surface area contributed by atoms with Gasteiger partial charge in [0.2, 0.25) is 0 Å². The van der Waals surface area contributed by atoms with Gasteiger partial charge in [0.25, 0.3) is 17.1 Å². The van der Waals surface area contributed by atoms with Gasteiger partial charge < -0.3 is 23.8 Å². The Kier molecular flexibility index (Phi) is 8.33. The maximum Gasteiger partial charge on any atom is 0.293 e. The average molecular weight is 451 g/mol. The number of hydrogen-bond acceptors (Lipinski definition) is 8. The van der Waals surface area contributed by atoms with E-state index in [1.165, 1.54) is 7.11 Å². The van der Waals surface area contributed by atoms with Gasteiger partial charge in [-0.05, 0) is 42.5 Å². The third-order valence-electron chi connectivity index (χ3n) is 4.67. The fourth-order valence-electron chi connectivity index (χ4n) is 3.07. The zero-order valence-electron chi connectivity index (χ0n) is 17.6. The molecule has 1 aromatic carbocycles. The van der Waals surface area contributed by atoms with Crippen LogP contribution in [-0.4, -0.2) is 86.6 Å². The summed E-state index contributed by atoms with van der Waals surface area (Å²) in [7, 11) is 1.52. The predicted octanol–water partition coefficient (Wildman–Crippen LogP) is 2.01. The van der Waals surface area contributed by atoms with E-state index in [0.29, 0.717) is 54.9 Å². The van der Waals surface area contributed by atoms with Gasteiger partial charge in [0.15, 0.2) is 18.1 Å². The molecule has 10 heteroatoms. The molecule has 9 nitrogen and oxygen atoms in total. The number of amides is 3. The van der Waals surface area contributed by atoms with E-state index in [0.717, 1.165) is 16.7 Å². The van der Waals surface area contributed by atoms with Crippen molar-refractivity contribution in [3.63, 3.8) is 0 Å². The second kappa shape index (κ2) is 11.2. The van der Waals surface area contributed by atoms with Crippen LogP contribution in [0.15, 0.2) is 23.1 Å². The highest BCUT2D eigenvalue weighted by molar-refractivity contribution is 8.18. The van der Waals surface area contributed by atoms with Crippen LogP contribution in [0.3, 0.4) is 0 Å². The average Bonchev–Trinajstić information content (AvgIpc) is 3.04. The van der Waals surface area contributed by atoms with Crippen molar-refractivity contribution < 1.29 is 33.3 Å². The number of nitrogens with zero attached hydrogens (tertiary/aromatic N) is 2. The number of hydrogen-bond donors (Lipinski definition) is 0. The monoisotopic (exact) mass is 450 g/mol. The van der Waals surface area contributed by atoms with Crippen LogP contribution in [0.2, 0.25) is 0 Å². The fourth-order valence-corrected chi connectivity index (χ4v) is 3.94. The Hall–Kier alpha value is -2.56. The Morgan fingerprint density at radius 2 is 1.97 bits per heavy atom. The number of ether oxygens (including phenoxy) is 4. The summed E-state index contributed by atoms with van der Waals surface area (Å²) in [6, 6.07) is 5.17. The number of benzene rings is 1. The molecule has 0 atom stereocenters. The molecule has 3 rings (SSSR count). The van der Waals surface area contributed by atoms with Gasteiger partial charge >= 0.3 is 0 Å². The Bertz CT molecular complexity index is 852. The van der Waals surface area contributed by atoms with E-state index in [1.807, 2.05) is 6.92 Å². The molecule has 1 aromatic rings. The molecule has 3 amide bonds. The van der Waals surface area contributed by atoms with Gasteiger partial charge in [0.05, 0.1) is 37.9 Å². The van der Waals surface area contributed by atoms with Gasteiger partial charge in [-0.2, -0.15) is 0 Å². The van der Waals surface area contributed by atoms with E-state index < -0.39 is 0 Å². The maximum atomic E-state index is 12.5. The van der Waals surface area contributed by atoms with Crippen LogP contribution in [0.1, 0.15) is 12.5 Å². The minimum atomic E-state index is -0.346. The third kappa shape index (κ3) is 5.99. The van der Waals surface area contributed by atoms with E-state index in [4.69, 9.17) is 18.9 Å². The van der Waals surface area contributed by atoms with Crippen LogP contribution in [0.5, 0.6) is 11.5 Å². The van der Waals surface area contributed by atoms with Crippen LogP contribution in [-0.2, 0) is 19.1 Å². The molecule has 2 aliphatic heterocycles. The quantitative estimate of drug-likeness (QED) is 0.528. The van der Waals surface area contributed by atoms with Gasteiger partial charge in [-0.1, -0.05) is 6.07 Å². The first-order valence-electron chi connectivity index (χ1n) is 10.0. The van der Waals surface area contributed by atoms with E-state index in [-0.39, 0.29) is 36.8 Å². The number of imide groups is 1. The van der Waals surface area contributed by atoms with Crippen molar-refractivity contribution >= 4 is 34.9 Å². The minimum absolute atomic E-state index is 0.0994. The Morgan fingerprint density at radius 3 is 2.68 bits per heavy atom. The Balaban J connectivity index is 1.69. The lowest BCUT2D eigenvalue weighted by Crippen LogP contribution is -2.43. The second-order valence-corrected chi connectivity index (χ2v) is 7.74. The second-order valence-electron chi connectivity index (χ2n) is 6.75. The molecule has 0 aliphatic carbocycles. The van der Waals surface area contributed by atoms with Gasteiger partial charge in [-0.3, -0.25) is 19.3 Å². The molecule has 2 heterocycles. The van der Waals surface area contributed by atoms with Crippen LogP contribution >= 0.6 is 11.8 Å². The number of carbonyl (C=O) groups is 3. The minimum Gasteiger partial charge on any atom is -0.490 e. The SMILES string of the molecule is CCOc1cc(/C=C2\SC(=O)N(CCOC)C2=O)ccc1OCC(=O)N1CCOCC1. The molecule has 168 valence electrons. The van der Waals surface area contributed by atoms with Crippen LogP contribution in [0, 0.1) is 0 Å². The van der Waals surface area contributed by atoms with Crippen molar-refractivity contribution in [2.75, 3.05) is 59.8 Å². The molecule has 0 saturated carbocycles. The summed E-state index contributed by atoms with van der Waals surface area (Å²) in [6.45, 7) is 4.82. The lowest BCUT2D eigenvalue weighted by molar-refractivity contribution is -0.137. The maximum absolute atomic E-state index is 12.5. The van der Waals surface area contributed by atoms with Gasteiger partial charge in [0.1, 0.15) is 0 Å². The molecule has 2 aliphatic rings. The lowest BCUT2D eigenvalue weighted by atomic mass is 10.2. The largest absolute Gasteiger partial charge is 0.490 e. The third-order valence-corrected chi connectivity index (χ3v) is 5.58. The summed E-state index contributed by atoms with van der Waals surface area (Å²) < 4.78 is 21.6. The molecule has 2 fully saturated rings. The Morgan fingerprint density at radius 1 is 1.19 bits per heavy atom. The van der Waals surface area contributed by atoms with Crippen molar-refractivity contribution in [1.82, 2.24) is 9.80 Å². The highest BCUT2D eigenvalue weighted by Gasteiger charge is 2.34. The zero-order chi connectivity index (χ0) is 22.2. The molecule has 2 saturated heterocycles. The summed E-state index contributed by atoms with van der Waals surface area (Å²) in [5, 5.41) is -0.320. The summed E-state index contributed by atoms with van der Waals surface area (Å²) in [6.07, 6.45) is 1.64. The number of thioether (sulfide) groups is 1. The van der Waals surface area contributed by atoms with Crippen LogP contribution < -0.4 is 9.47 Å². The number of methoxy groups -OCH3 is 1. The predicted molar refractivity (Wildman–Crippen MR) is 115 cm³/mol. The molecule has 0 spiro atoms. The van der Waals surface area contributed by atoms with E-state index in [2.05, 4.69) is 0 Å². The smallest absolute Gasteiger partial charge is 0.293 e. The van der Waals surface area contributed by atoms with Crippen molar-refractivity contribution in [3.8, 4) is 11.5 Å². The molecular weight excluding hydrogens is 424 g/mol. The van der Waals surface area contributed by atoms with Crippen molar-refractivity contribution in [2.24, 2.45) is 0 Å². The summed E-state index contributed by atoms with van der Waals surface area (Å²) in [5.74, 6) is 0.444. The van der Waals surface area contributed by atoms with Crippen molar-refractivity contribution in [2.45, 2.75) is 6.92 Å². The van der Waals surface area contributed by atoms with Crippen LogP contribution in [0.4, 0.5) is 4.79 Å². The summed E-state index contributed by atoms with van der Waals surface area (Å²) in [4.78, 5) is 40.1. The van der Waals surface area contributed by atoms with Crippen molar-refractivity contribution in [1.29, 1.82) is 0 Å². The number of rotatable bonds is 9. The van der Waals surface area contributed by atoms with Gasteiger partial charge in [-0.25, -0.2) is 0 Å². The zero-order valence-corrected chi connectivity index (χ0v) is 18.4. The first-order chi connectivity index (χ1) is 15.0. The molecule has 0 aromatic heterocycles. The molecule has 0 radical (unpaired) electrons. The van der Waals surface area contributed by atoms with Gasteiger partial charge in [-0.15, -0.1) is 0 Å². The van der Waals surface area contributed by atoms with Crippen molar-refractivity contribution in [3.05, 3.63) is 28.7 Å². The van der Waals surface area contributed by atoms with Gasteiger partial charge in [0, 0.05) is 20.2 Å². The summed E-state index contributed by atoms with van der Waals surface area (Å²) >= 11 is 0.891. The molecule has 31 heavy (non-hydrogen) atoms. The molecule has 0 bridgehead atoms. The first-order valence-corrected chi connectivity index (χ1v) is 10.8. The fraction of sp³-hybridized carbons (Fsp3) is 0.476. The number of carbonyl (C=O) groups excluding carboxylic acids is 3. The van der Waals surface area contributed by atoms with E-state index in [1.54, 1.807) is 29.2 Å². The standard InChI is InChI=1S/C21H26N2O7S/c1-3-29-17-12-15(13-18-20(25)23(8-9-27-2)21(26)31-18)4-5-16(17)30-14-19(24)22-6-10-28-11-7-22/h4-5,12-13H,3,6-11,14H2,1-2H3/b18-13-. The molecule has 0 N–H and O–H groups in total. The van der Waals surface area contributed by atoms with E-state index >= 15 is 0 Å². The normalized spacial score (nSPS) is 18.1. The Labute approximate surface area is 185 Å². The topological polar surface area (TPSA) is 94.6 Å². The molecule has 0 unspecified atom stereocenters.